The van der Waals surface area contributed by atoms with Gasteiger partial charge in [-0.1, -0.05) is 5.92 Å². The molecular weight excluding hydrogens is 184 g/mol. The van der Waals surface area contributed by atoms with Crippen LogP contribution in [0, 0.1) is 18.3 Å². The quantitative estimate of drug-likeness (QED) is 0.607. The summed E-state index contributed by atoms with van der Waals surface area (Å²) >= 11 is 0. The van der Waals surface area contributed by atoms with Crippen LogP contribution in [0.2, 0.25) is 0 Å². The third-order valence-electron chi connectivity index (χ3n) is 2.52. The van der Waals surface area contributed by atoms with Crippen molar-refractivity contribution in [3.63, 3.8) is 0 Å². The minimum atomic E-state index is -0.648. The molecule has 0 aromatic rings. The third-order valence-corrected chi connectivity index (χ3v) is 2.52. The molecule has 2 aliphatic rings. The molecule has 4 atom stereocenters. The number of rotatable bonds is 1. The lowest BCUT2D eigenvalue weighted by atomic mass is 10.0. The molecule has 0 spiro atoms. The summed E-state index contributed by atoms with van der Waals surface area (Å²) in [5.41, 5.74) is 0. The van der Waals surface area contributed by atoms with Crippen LogP contribution in [-0.4, -0.2) is 36.0 Å². The highest BCUT2D eigenvalue weighted by atomic mass is 16.8. The van der Waals surface area contributed by atoms with E-state index in [0.717, 1.165) is 0 Å². The van der Waals surface area contributed by atoms with Crippen molar-refractivity contribution in [2.75, 3.05) is 6.61 Å². The van der Waals surface area contributed by atoms with Gasteiger partial charge in [0.25, 0.3) is 0 Å². The number of aliphatic hydroxyl groups is 1. The molecule has 1 N–H and O–H groups in total. The van der Waals surface area contributed by atoms with Crippen molar-refractivity contribution < 1.29 is 19.3 Å². The molecule has 0 radical (unpaired) electrons. The Balaban J connectivity index is 2.14. The molecule has 14 heavy (non-hydrogen) atoms. The number of fused-ring (bicyclic) bond motifs is 1. The zero-order chi connectivity index (χ0) is 10.3. The van der Waals surface area contributed by atoms with Crippen molar-refractivity contribution in [1.82, 2.24) is 0 Å². The average Bonchev–Trinajstić information content (AvgIpc) is 2.55. The highest BCUT2D eigenvalue weighted by Crippen LogP contribution is 2.40. The highest BCUT2D eigenvalue weighted by Gasteiger charge is 2.53. The Morgan fingerprint density at radius 2 is 2.14 bits per heavy atom. The van der Waals surface area contributed by atoms with E-state index < -0.39 is 12.1 Å². The molecule has 4 heteroatoms. The van der Waals surface area contributed by atoms with E-state index in [1.165, 1.54) is 0 Å². The van der Waals surface area contributed by atoms with Crippen LogP contribution in [0.3, 0.4) is 0 Å². The van der Waals surface area contributed by atoms with E-state index in [4.69, 9.17) is 25.7 Å². The Hall–Kier alpha value is -0.600. The summed E-state index contributed by atoms with van der Waals surface area (Å²) in [6.45, 7) is 3.53. The molecule has 2 rings (SSSR count). The van der Waals surface area contributed by atoms with Crippen molar-refractivity contribution in [3.05, 3.63) is 0 Å². The van der Waals surface area contributed by atoms with E-state index in [0.29, 0.717) is 0 Å². The second-order valence-corrected chi connectivity index (χ2v) is 4.02. The first-order chi connectivity index (χ1) is 6.57. The maximum Gasteiger partial charge on any atom is 0.188 e. The van der Waals surface area contributed by atoms with Gasteiger partial charge < -0.3 is 19.3 Å². The normalized spacial score (nSPS) is 44.7. The summed E-state index contributed by atoms with van der Waals surface area (Å²) in [5, 5.41) is 9.02. The van der Waals surface area contributed by atoms with Gasteiger partial charge >= 0.3 is 0 Å². The fourth-order valence-electron chi connectivity index (χ4n) is 1.93. The Bertz CT molecular complexity index is 268. The molecule has 2 fully saturated rings. The van der Waals surface area contributed by atoms with Gasteiger partial charge in [-0.3, -0.25) is 0 Å². The zero-order valence-electron chi connectivity index (χ0n) is 8.27. The van der Waals surface area contributed by atoms with Crippen molar-refractivity contribution in [2.45, 2.75) is 38.1 Å². The van der Waals surface area contributed by atoms with Crippen LogP contribution in [0.4, 0.5) is 0 Å². The van der Waals surface area contributed by atoms with Crippen LogP contribution in [-0.2, 0) is 14.2 Å². The first-order valence-electron chi connectivity index (χ1n) is 4.65. The molecule has 2 saturated heterocycles. The van der Waals surface area contributed by atoms with E-state index in [9.17, 15) is 0 Å². The van der Waals surface area contributed by atoms with Crippen molar-refractivity contribution in [1.29, 1.82) is 0 Å². The molecule has 2 aliphatic heterocycles. The van der Waals surface area contributed by atoms with E-state index in [-0.39, 0.29) is 24.7 Å². The number of terminal acetylenes is 1. The van der Waals surface area contributed by atoms with Gasteiger partial charge in [0.1, 0.15) is 12.2 Å². The average molecular weight is 198 g/mol. The molecule has 0 aromatic carbocycles. The summed E-state index contributed by atoms with van der Waals surface area (Å²) in [7, 11) is 0. The van der Waals surface area contributed by atoms with Crippen LogP contribution < -0.4 is 0 Å². The summed E-state index contributed by atoms with van der Waals surface area (Å²) in [5.74, 6) is 1.71. The fourth-order valence-corrected chi connectivity index (χ4v) is 1.93. The summed E-state index contributed by atoms with van der Waals surface area (Å²) in [6.07, 6.45) is 4.30. The SMILES string of the molecule is C#C[C@@H]1[C@H]2OC(C)(C)O[C@H]2O[C@@H]1CO. The first kappa shape index (κ1) is 9.94. The number of hydrogen-bond acceptors (Lipinski definition) is 4. The minimum Gasteiger partial charge on any atom is -0.394 e. The molecule has 78 valence electrons. The first-order valence-corrected chi connectivity index (χ1v) is 4.65. The van der Waals surface area contributed by atoms with Gasteiger partial charge in [0, 0.05) is 0 Å². The number of hydrogen-bond donors (Lipinski definition) is 1. The maximum absolute atomic E-state index is 9.02. The molecule has 0 bridgehead atoms. The van der Waals surface area contributed by atoms with Crippen molar-refractivity contribution >= 4 is 0 Å². The lowest BCUT2D eigenvalue weighted by Gasteiger charge is -2.21. The number of ether oxygens (including phenoxy) is 3. The maximum atomic E-state index is 9.02. The molecule has 0 aromatic heterocycles. The third kappa shape index (κ3) is 1.43. The largest absolute Gasteiger partial charge is 0.394 e. The van der Waals surface area contributed by atoms with E-state index in [2.05, 4.69) is 5.92 Å². The molecule has 0 saturated carbocycles. The molecular formula is C10H14O4. The smallest absolute Gasteiger partial charge is 0.188 e. The van der Waals surface area contributed by atoms with Crippen LogP contribution >= 0.6 is 0 Å². The second-order valence-electron chi connectivity index (χ2n) is 4.02. The monoisotopic (exact) mass is 198 g/mol. The Labute approximate surface area is 83.1 Å². The number of aliphatic hydroxyl groups excluding tert-OH is 1. The summed E-state index contributed by atoms with van der Waals surface area (Å²) in [6, 6.07) is 0. The molecule has 0 amide bonds. The lowest BCUT2D eigenvalue weighted by Crippen LogP contribution is -2.30. The Morgan fingerprint density at radius 1 is 1.43 bits per heavy atom. The van der Waals surface area contributed by atoms with Gasteiger partial charge in [-0.05, 0) is 13.8 Å². The van der Waals surface area contributed by atoms with Gasteiger partial charge in [-0.2, -0.15) is 0 Å². The summed E-state index contributed by atoms with van der Waals surface area (Å²) < 4.78 is 16.5. The van der Waals surface area contributed by atoms with Crippen LogP contribution in [0.5, 0.6) is 0 Å². The van der Waals surface area contributed by atoms with E-state index >= 15 is 0 Å². The fraction of sp³-hybridized carbons (Fsp3) is 0.800. The minimum absolute atomic E-state index is 0.102. The standard InChI is InChI=1S/C10H14O4/c1-4-6-7(5-11)12-9-8(6)13-10(2,3)14-9/h1,6-9,11H,5H2,2-3H3/t6-,7+,8+,9+/m0/s1. The Morgan fingerprint density at radius 3 is 2.71 bits per heavy atom. The van der Waals surface area contributed by atoms with E-state index in [1.807, 2.05) is 13.8 Å². The lowest BCUT2D eigenvalue weighted by molar-refractivity contribution is -0.210. The van der Waals surface area contributed by atoms with Crippen molar-refractivity contribution in [3.8, 4) is 12.3 Å². The van der Waals surface area contributed by atoms with Gasteiger partial charge in [0.2, 0.25) is 0 Å². The Kier molecular flexibility index (Phi) is 2.28. The van der Waals surface area contributed by atoms with Crippen LogP contribution in [0.25, 0.3) is 0 Å². The summed E-state index contributed by atoms with van der Waals surface area (Å²) in [4.78, 5) is 0. The molecule has 0 aliphatic carbocycles. The van der Waals surface area contributed by atoms with Crippen LogP contribution in [0.15, 0.2) is 0 Å². The second kappa shape index (κ2) is 3.21. The van der Waals surface area contributed by atoms with Gasteiger partial charge in [0.05, 0.1) is 12.5 Å². The van der Waals surface area contributed by atoms with E-state index in [1.54, 1.807) is 0 Å². The molecule has 4 nitrogen and oxygen atoms in total. The topological polar surface area (TPSA) is 47.9 Å². The van der Waals surface area contributed by atoms with Crippen LogP contribution in [0.1, 0.15) is 13.8 Å². The van der Waals surface area contributed by atoms with Gasteiger partial charge in [-0.15, -0.1) is 6.42 Å². The predicted molar refractivity (Wildman–Crippen MR) is 48.1 cm³/mol. The predicted octanol–water partition coefficient (Wildman–Crippen LogP) is 0.105. The van der Waals surface area contributed by atoms with Crippen molar-refractivity contribution in [2.24, 2.45) is 5.92 Å². The van der Waals surface area contributed by atoms with Gasteiger partial charge in [-0.25, -0.2) is 0 Å². The van der Waals surface area contributed by atoms with Gasteiger partial charge in [0.15, 0.2) is 12.1 Å². The highest BCUT2D eigenvalue weighted by molar-refractivity contribution is 5.07. The molecule has 0 unspecified atom stereocenters. The molecule has 2 heterocycles. The zero-order valence-corrected chi connectivity index (χ0v) is 8.27.